The Balaban J connectivity index is 2.90. The molecule has 0 heterocycles. The maximum atomic E-state index is 9.15. The van der Waals surface area contributed by atoms with Crippen LogP contribution < -0.4 is 0 Å². The highest BCUT2D eigenvalue weighted by atomic mass is 16.3. The standard InChI is InChI=1S/C13H16O/c1-10(2)8-12-6-4-5-7-13(12)9-11(3)14/h4-7,14H,1,3,8-9H2,2H3. The molecule has 0 bridgehead atoms. The minimum absolute atomic E-state index is 0.208. The maximum Gasteiger partial charge on any atom is 0.0894 e. The first-order valence-corrected chi connectivity index (χ1v) is 4.67. The molecule has 0 aliphatic rings. The SMILES string of the molecule is C=C(C)Cc1ccccc1CC(=C)O. The molecule has 1 aromatic rings. The molecule has 0 saturated carbocycles. The first-order valence-electron chi connectivity index (χ1n) is 4.67. The summed E-state index contributed by atoms with van der Waals surface area (Å²) < 4.78 is 0. The Morgan fingerprint density at radius 3 is 2.07 bits per heavy atom. The van der Waals surface area contributed by atoms with Gasteiger partial charge in [0.05, 0.1) is 5.76 Å². The molecule has 0 unspecified atom stereocenters. The van der Waals surface area contributed by atoms with Gasteiger partial charge in [-0.3, -0.25) is 0 Å². The van der Waals surface area contributed by atoms with Crippen molar-refractivity contribution in [3.8, 4) is 0 Å². The number of benzene rings is 1. The van der Waals surface area contributed by atoms with E-state index in [-0.39, 0.29) is 5.76 Å². The molecule has 0 amide bonds. The van der Waals surface area contributed by atoms with Gasteiger partial charge >= 0.3 is 0 Å². The van der Waals surface area contributed by atoms with E-state index in [2.05, 4.69) is 19.2 Å². The van der Waals surface area contributed by atoms with Gasteiger partial charge in [0.1, 0.15) is 0 Å². The largest absolute Gasteiger partial charge is 0.513 e. The molecule has 1 heteroatoms. The molecule has 0 fully saturated rings. The van der Waals surface area contributed by atoms with Crippen LogP contribution in [0.25, 0.3) is 0 Å². The molecule has 0 spiro atoms. The topological polar surface area (TPSA) is 20.2 Å². The smallest absolute Gasteiger partial charge is 0.0894 e. The van der Waals surface area contributed by atoms with E-state index < -0.39 is 0 Å². The number of allylic oxidation sites excluding steroid dienone is 2. The lowest BCUT2D eigenvalue weighted by Gasteiger charge is -2.08. The summed E-state index contributed by atoms with van der Waals surface area (Å²) in [6, 6.07) is 8.05. The normalized spacial score (nSPS) is 9.79. The zero-order valence-electron chi connectivity index (χ0n) is 8.59. The molecule has 1 rings (SSSR count). The van der Waals surface area contributed by atoms with Gasteiger partial charge in [-0.1, -0.05) is 43.0 Å². The molecule has 0 radical (unpaired) electrons. The fraction of sp³-hybridized carbons (Fsp3) is 0.231. The number of aliphatic hydroxyl groups is 1. The minimum atomic E-state index is 0.208. The molecule has 1 aromatic carbocycles. The monoisotopic (exact) mass is 188 g/mol. The van der Waals surface area contributed by atoms with Gasteiger partial charge in [-0.15, -0.1) is 0 Å². The van der Waals surface area contributed by atoms with Crippen molar-refractivity contribution in [1.82, 2.24) is 0 Å². The van der Waals surface area contributed by atoms with Crippen LogP contribution in [-0.4, -0.2) is 5.11 Å². The maximum absolute atomic E-state index is 9.15. The molecule has 0 aliphatic heterocycles. The quantitative estimate of drug-likeness (QED) is 0.567. The van der Waals surface area contributed by atoms with E-state index in [1.807, 2.05) is 25.1 Å². The van der Waals surface area contributed by atoms with E-state index in [1.54, 1.807) is 0 Å². The van der Waals surface area contributed by atoms with Gasteiger partial charge in [-0.25, -0.2) is 0 Å². The van der Waals surface area contributed by atoms with Gasteiger partial charge in [-0.05, 0) is 24.5 Å². The van der Waals surface area contributed by atoms with Crippen LogP contribution in [-0.2, 0) is 12.8 Å². The van der Waals surface area contributed by atoms with E-state index >= 15 is 0 Å². The highest BCUT2D eigenvalue weighted by Crippen LogP contribution is 2.15. The predicted octanol–water partition coefficient (Wildman–Crippen LogP) is 3.42. The molecule has 74 valence electrons. The Kier molecular flexibility index (Phi) is 3.52. The van der Waals surface area contributed by atoms with Crippen LogP contribution in [0.1, 0.15) is 18.1 Å². The molecule has 0 atom stereocenters. The van der Waals surface area contributed by atoms with Crippen molar-refractivity contribution in [2.24, 2.45) is 0 Å². The van der Waals surface area contributed by atoms with Crippen LogP contribution in [0.5, 0.6) is 0 Å². The van der Waals surface area contributed by atoms with Gasteiger partial charge in [0, 0.05) is 6.42 Å². The van der Waals surface area contributed by atoms with E-state index in [0.717, 1.165) is 17.6 Å². The van der Waals surface area contributed by atoms with E-state index in [1.165, 1.54) is 5.56 Å². The van der Waals surface area contributed by atoms with Crippen molar-refractivity contribution in [3.63, 3.8) is 0 Å². The third-order valence-corrected chi connectivity index (χ3v) is 2.01. The van der Waals surface area contributed by atoms with Crippen molar-refractivity contribution < 1.29 is 5.11 Å². The minimum Gasteiger partial charge on any atom is -0.513 e. The van der Waals surface area contributed by atoms with Crippen molar-refractivity contribution in [1.29, 1.82) is 0 Å². The summed E-state index contributed by atoms with van der Waals surface area (Å²) in [7, 11) is 0. The van der Waals surface area contributed by atoms with Crippen LogP contribution in [0.3, 0.4) is 0 Å². The van der Waals surface area contributed by atoms with E-state index in [9.17, 15) is 0 Å². The summed E-state index contributed by atoms with van der Waals surface area (Å²) in [4.78, 5) is 0. The van der Waals surface area contributed by atoms with Crippen molar-refractivity contribution in [2.75, 3.05) is 0 Å². The lowest BCUT2D eigenvalue weighted by molar-refractivity contribution is 0.401. The van der Waals surface area contributed by atoms with E-state index in [4.69, 9.17) is 5.11 Å². The van der Waals surface area contributed by atoms with Gasteiger partial charge in [0.15, 0.2) is 0 Å². The number of hydrogen-bond donors (Lipinski definition) is 1. The molecule has 0 aliphatic carbocycles. The van der Waals surface area contributed by atoms with Crippen LogP contribution in [0.15, 0.2) is 48.8 Å². The Bertz CT molecular complexity index is 315. The molecular formula is C13H16O. The lowest BCUT2D eigenvalue weighted by atomic mass is 9.99. The molecule has 0 saturated heterocycles. The Labute approximate surface area is 85.4 Å². The van der Waals surface area contributed by atoms with Gasteiger partial charge in [-0.2, -0.15) is 0 Å². The van der Waals surface area contributed by atoms with Crippen molar-refractivity contribution in [2.45, 2.75) is 19.8 Å². The average molecular weight is 188 g/mol. The van der Waals surface area contributed by atoms with Crippen LogP contribution >= 0.6 is 0 Å². The molecular weight excluding hydrogens is 172 g/mol. The number of hydrogen-bond acceptors (Lipinski definition) is 1. The lowest BCUT2D eigenvalue weighted by Crippen LogP contribution is -1.96. The highest BCUT2D eigenvalue weighted by molar-refractivity contribution is 5.32. The van der Waals surface area contributed by atoms with E-state index in [0.29, 0.717) is 6.42 Å². The second kappa shape index (κ2) is 4.66. The fourth-order valence-corrected chi connectivity index (χ4v) is 1.45. The van der Waals surface area contributed by atoms with Crippen LogP contribution in [0, 0.1) is 0 Å². The molecule has 1 nitrogen and oxygen atoms in total. The summed E-state index contributed by atoms with van der Waals surface area (Å²) in [5, 5.41) is 9.15. The van der Waals surface area contributed by atoms with Crippen LogP contribution in [0.2, 0.25) is 0 Å². The summed E-state index contributed by atoms with van der Waals surface area (Å²) in [6.45, 7) is 9.39. The predicted molar refractivity (Wildman–Crippen MR) is 60.4 cm³/mol. The first-order chi connectivity index (χ1) is 6.59. The third-order valence-electron chi connectivity index (χ3n) is 2.01. The Hall–Kier alpha value is -1.50. The van der Waals surface area contributed by atoms with Crippen LogP contribution in [0.4, 0.5) is 0 Å². The molecule has 14 heavy (non-hydrogen) atoms. The highest BCUT2D eigenvalue weighted by Gasteiger charge is 2.02. The molecule has 0 aromatic heterocycles. The molecule has 1 N–H and O–H groups in total. The summed E-state index contributed by atoms with van der Waals surface area (Å²) in [6.07, 6.45) is 1.40. The first kappa shape index (κ1) is 10.6. The Morgan fingerprint density at radius 1 is 1.14 bits per heavy atom. The van der Waals surface area contributed by atoms with Crippen molar-refractivity contribution in [3.05, 3.63) is 59.9 Å². The number of rotatable bonds is 4. The second-order valence-corrected chi connectivity index (χ2v) is 3.65. The number of aliphatic hydroxyl groups excluding tert-OH is 1. The fourth-order valence-electron chi connectivity index (χ4n) is 1.45. The summed E-state index contributed by atoms with van der Waals surface area (Å²) in [5.74, 6) is 0.208. The zero-order valence-corrected chi connectivity index (χ0v) is 8.59. The van der Waals surface area contributed by atoms with Gasteiger partial charge < -0.3 is 5.11 Å². The summed E-state index contributed by atoms with van der Waals surface area (Å²) in [5.41, 5.74) is 3.47. The Morgan fingerprint density at radius 2 is 1.64 bits per heavy atom. The third kappa shape index (κ3) is 3.09. The van der Waals surface area contributed by atoms with Gasteiger partial charge in [0.2, 0.25) is 0 Å². The average Bonchev–Trinajstić information content (AvgIpc) is 2.06. The summed E-state index contributed by atoms with van der Waals surface area (Å²) >= 11 is 0. The van der Waals surface area contributed by atoms with Crippen molar-refractivity contribution >= 4 is 0 Å². The second-order valence-electron chi connectivity index (χ2n) is 3.65. The zero-order chi connectivity index (χ0) is 10.6. The van der Waals surface area contributed by atoms with Gasteiger partial charge in [0.25, 0.3) is 0 Å².